The van der Waals surface area contributed by atoms with Gasteiger partial charge in [-0.05, 0) is 42.8 Å². The molecule has 3 N–H and O–H groups in total. The number of carbonyl (C=O) groups excluding carboxylic acids is 1. The number of rotatable bonds is 5. The molecular weight excluding hydrogens is 278 g/mol. The summed E-state index contributed by atoms with van der Waals surface area (Å²) in [5.41, 5.74) is 6.54. The van der Waals surface area contributed by atoms with E-state index in [0.717, 1.165) is 19.4 Å². The predicted molar refractivity (Wildman–Crippen MR) is 77.1 cm³/mol. The monoisotopic (exact) mass is 294 g/mol. The Morgan fingerprint density at radius 1 is 1.40 bits per heavy atom. The lowest BCUT2D eigenvalue weighted by Crippen LogP contribution is -2.41. The van der Waals surface area contributed by atoms with Gasteiger partial charge in [-0.2, -0.15) is 0 Å². The first-order chi connectivity index (χ1) is 9.65. The standard InChI is InChI=1S/C13H17N3O3S/c17-12(18)9-3-5-10(6-4-9)15-16-13(20)14-8-11-2-1-7-19-11/h3-6,11,15H,1-2,7-8H2,(H,17,18)(H2,14,16,20)/p-1/t11-/m1/s1. The van der Waals surface area contributed by atoms with E-state index in [1.54, 1.807) is 12.1 Å². The highest BCUT2D eigenvalue weighted by molar-refractivity contribution is 7.80. The molecule has 0 saturated carbocycles. The molecule has 0 unspecified atom stereocenters. The number of thiocarbonyl (C=S) groups is 1. The van der Waals surface area contributed by atoms with Gasteiger partial charge in [-0.3, -0.25) is 10.9 Å². The van der Waals surface area contributed by atoms with E-state index in [-0.39, 0.29) is 11.7 Å². The Labute approximate surface area is 122 Å². The van der Waals surface area contributed by atoms with E-state index in [0.29, 0.717) is 17.3 Å². The summed E-state index contributed by atoms with van der Waals surface area (Å²) in [5, 5.41) is 14.1. The second kappa shape index (κ2) is 7.06. The quantitative estimate of drug-likeness (QED) is 0.521. The van der Waals surface area contributed by atoms with E-state index >= 15 is 0 Å². The Hall–Kier alpha value is -1.86. The summed E-state index contributed by atoms with van der Waals surface area (Å²) in [4.78, 5) is 10.6. The van der Waals surface area contributed by atoms with Crippen LogP contribution >= 0.6 is 12.2 Å². The van der Waals surface area contributed by atoms with Gasteiger partial charge >= 0.3 is 0 Å². The molecule has 1 aliphatic heterocycles. The van der Waals surface area contributed by atoms with Crippen molar-refractivity contribution in [3.8, 4) is 0 Å². The van der Waals surface area contributed by atoms with E-state index in [4.69, 9.17) is 17.0 Å². The lowest BCUT2D eigenvalue weighted by atomic mass is 10.2. The summed E-state index contributed by atoms with van der Waals surface area (Å²) in [6, 6.07) is 6.17. The molecule has 6 nitrogen and oxygen atoms in total. The number of carbonyl (C=O) groups is 1. The van der Waals surface area contributed by atoms with Crippen LogP contribution in [-0.2, 0) is 4.74 Å². The Balaban J connectivity index is 1.70. The molecule has 1 aliphatic rings. The zero-order valence-corrected chi connectivity index (χ0v) is 11.7. The number of ether oxygens (including phenoxy) is 1. The van der Waals surface area contributed by atoms with Crippen molar-refractivity contribution in [1.29, 1.82) is 0 Å². The van der Waals surface area contributed by atoms with E-state index < -0.39 is 5.97 Å². The normalized spacial score (nSPS) is 17.5. The second-order valence-corrected chi connectivity index (χ2v) is 4.87. The molecule has 0 amide bonds. The van der Waals surface area contributed by atoms with Crippen LogP contribution in [0.5, 0.6) is 0 Å². The summed E-state index contributed by atoms with van der Waals surface area (Å²) in [6.07, 6.45) is 2.36. The van der Waals surface area contributed by atoms with E-state index in [1.165, 1.54) is 12.1 Å². The summed E-state index contributed by atoms with van der Waals surface area (Å²) < 4.78 is 5.47. The van der Waals surface area contributed by atoms with E-state index in [9.17, 15) is 9.90 Å². The zero-order valence-electron chi connectivity index (χ0n) is 10.8. The van der Waals surface area contributed by atoms with Crippen molar-refractivity contribution in [2.75, 3.05) is 18.6 Å². The third-order valence-electron chi connectivity index (χ3n) is 2.96. The second-order valence-electron chi connectivity index (χ2n) is 4.46. The number of carboxylic acids is 1. The number of carboxylic acid groups (broad SMARTS) is 1. The lowest BCUT2D eigenvalue weighted by molar-refractivity contribution is -0.255. The average Bonchev–Trinajstić information content (AvgIpc) is 2.96. The smallest absolute Gasteiger partial charge is 0.185 e. The molecule has 1 atom stereocenters. The van der Waals surface area contributed by atoms with Crippen LogP contribution in [-0.4, -0.2) is 30.3 Å². The SMILES string of the molecule is O=C([O-])c1ccc(NNC(=S)NC[C@H]2CCCO2)cc1. The van der Waals surface area contributed by atoms with Crippen LogP contribution in [0, 0.1) is 0 Å². The number of hydrogen-bond donors (Lipinski definition) is 3. The van der Waals surface area contributed by atoms with Gasteiger partial charge in [0.1, 0.15) is 0 Å². The molecule has 0 radical (unpaired) electrons. The van der Waals surface area contributed by atoms with Crippen LogP contribution in [0.2, 0.25) is 0 Å². The maximum atomic E-state index is 10.6. The largest absolute Gasteiger partial charge is 0.545 e. The number of hydrogen-bond acceptors (Lipinski definition) is 5. The molecule has 0 bridgehead atoms. The summed E-state index contributed by atoms with van der Waals surface area (Å²) in [6.45, 7) is 1.49. The van der Waals surface area contributed by atoms with E-state index in [1.807, 2.05) is 0 Å². The summed E-state index contributed by atoms with van der Waals surface area (Å²) in [5.74, 6) is -1.20. The van der Waals surface area contributed by atoms with Gasteiger partial charge in [0.2, 0.25) is 0 Å². The molecule has 0 spiro atoms. The van der Waals surface area contributed by atoms with Crippen LogP contribution in [0.15, 0.2) is 24.3 Å². The highest BCUT2D eigenvalue weighted by Crippen LogP contribution is 2.10. The third kappa shape index (κ3) is 4.36. The maximum Gasteiger partial charge on any atom is 0.185 e. The van der Waals surface area contributed by atoms with Crippen molar-refractivity contribution in [2.24, 2.45) is 0 Å². The van der Waals surface area contributed by atoms with Crippen molar-refractivity contribution in [1.82, 2.24) is 10.7 Å². The van der Waals surface area contributed by atoms with Gasteiger partial charge in [-0.1, -0.05) is 12.1 Å². The number of hydrazine groups is 1. The molecular formula is C13H16N3O3S-. The van der Waals surface area contributed by atoms with Crippen molar-refractivity contribution < 1.29 is 14.6 Å². The molecule has 7 heteroatoms. The minimum atomic E-state index is -1.20. The molecule has 1 saturated heterocycles. The van der Waals surface area contributed by atoms with Crippen LogP contribution < -0.4 is 21.3 Å². The van der Waals surface area contributed by atoms with Gasteiger partial charge in [0.15, 0.2) is 5.11 Å². The molecule has 1 aromatic rings. The van der Waals surface area contributed by atoms with Crippen LogP contribution in [0.1, 0.15) is 23.2 Å². The van der Waals surface area contributed by atoms with Crippen molar-refractivity contribution in [2.45, 2.75) is 18.9 Å². The number of benzene rings is 1. The van der Waals surface area contributed by atoms with Gasteiger partial charge in [-0.25, -0.2) is 0 Å². The fourth-order valence-corrected chi connectivity index (χ4v) is 2.01. The molecule has 0 aromatic heterocycles. The minimum absolute atomic E-state index is 0.134. The number of nitrogens with one attached hydrogen (secondary N) is 3. The predicted octanol–water partition coefficient (Wildman–Crippen LogP) is 0.0201. The Bertz CT molecular complexity index is 472. The topological polar surface area (TPSA) is 85.5 Å². The highest BCUT2D eigenvalue weighted by atomic mass is 32.1. The molecule has 20 heavy (non-hydrogen) atoms. The van der Waals surface area contributed by atoms with E-state index in [2.05, 4.69) is 16.2 Å². The van der Waals surface area contributed by atoms with Crippen molar-refractivity contribution in [3.63, 3.8) is 0 Å². The first-order valence-corrected chi connectivity index (χ1v) is 6.79. The number of aromatic carboxylic acids is 1. The molecule has 1 heterocycles. The fourth-order valence-electron chi connectivity index (χ4n) is 1.87. The first kappa shape index (κ1) is 14.5. The van der Waals surface area contributed by atoms with Gasteiger partial charge in [-0.15, -0.1) is 0 Å². The van der Waals surface area contributed by atoms with Gasteiger partial charge < -0.3 is 20.0 Å². The first-order valence-electron chi connectivity index (χ1n) is 6.38. The Morgan fingerprint density at radius 3 is 2.75 bits per heavy atom. The summed E-state index contributed by atoms with van der Waals surface area (Å²) in [7, 11) is 0. The fraction of sp³-hybridized carbons (Fsp3) is 0.385. The van der Waals surface area contributed by atoms with Crippen LogP contribution in [0.25, 0.3) is 0 Å². The van der Waals surface area contributed by atoms with Crippen molar-refractivity contribution >= 4 is 29.0 Å². The minimum Gasteiger partial charge on any atom is -0.545 e. The molecule has 1 aromatic carbocycles. The Morgan fingerprint density at radius 2 is 2.15 bits per heavy atom. The van der Waals surface area contributed by atoms with Gasteiger partial charge in [0, 0.05) is 13.2 Å². The lowest BCUT2D eigenvalue weighted by Gasteiger charge is -2.15. The third-order valence-corrected chi connectivity index (χ3v) is 3.20. The van der Waals surface area contributed by atoms with Gasteiger partial charge in [0.25, 0.3) is 0 Å². The summed E-state index contributed by atoms with van der Waals surface area (Å²) >= 11 is 5.11. The molecule has 0 aliphatic carbocycles. The molecule has 1 fully saturated rings. The average molecular weight is 294 g/mol. The van der Waals surface area contributed by atoms with Crippen LogP contribution in [0.4, 0.5) is 5.69 Å². The zero-order chi connectivity index (χ0) is 14.4. The van der Waals surface area contributed by atoms with Gasteiger partial charge in [0.05, 0.1) is 17.8 Å². The number of anilines is 1. The maximum absolute atomic E-state index is 10.6. The van der Waals surface area contributed by atoms with Crippen LogP contribution in [0.3, 0.4) is 0 Å². The molecule has 2 rings (SSSR count). The highest BCUT2D eigenvalue weighted by Gasteiger charge is 2.15. The van der Waals surface area contributed by atoms with Crippen molar-refractivity contribution in [3.05, 3.63) is 29.8 Å². The Kier molecular flexibility index (Phi) is 5.14. The molecule has 108 valence electrons.